The number of rotatable bonds is 16. The van der Waals surface area contributed by atoms with Crippen molar-refractivity contribution < 1.29 is 19.0 Å². The van der Waals surface area contributed by atoms with Gasteiger partial charge in [-0.15, -0.1) is 0 Å². The van der Waals surface area contributed by atoms with Crippen LogP contribution in [0.25, 0.3) is 27.5 Å². The fourth-order valence-electron chi connectivity index (χ4n) is 8.33. The molecule has 1 atom stereocenters. The summed E-state index contributed by atoms with van der Waals surface area (Å²) in [6.07, 6.45) is 12.7. The van der Waals surface area contributed by atoms with Crippen LogP contribution >= 0.6 is 0 Å². The van der Waals surface area contributed by atoms with Gasteiger partial charge in [-0.3, -0.25) is 14.8 Å². The minimum atomic E-state index is -0.291. The van der Waals surface area contributed by atoms with Crippen LogP contribution in [0.1, 0.15) is 143 Å². The number of allylic oxidation sites excluding steroid dienone is 4. The molecule has 0 spiro atoms. The van der Waals surface area contributed by atoms with E-state index in [9.17, 15) is 9.90 Å². The van der Waals surface area contributed by atoms with Crippen molar-refractivity contribution in [2.24, 2.45) is 21.1 Å². The molecule has 0 fully saturated rings. The first kappa shape index (κ1) is 48.6. The number of nitrogens with two attached hydrogens (primary N) is 1. The Hall–Kier alpha value is -5.06. The van der Waals surface area contributed by atoms with E-state index in [0.717, 1.165) is 83.7 Å². The summed E-state index contributed by atoms with van der Waals surface area (Å²) in [5, 5.41) is 12.7. The molecule has 0 saturated carbocycles. The fraction of sp³-hybridized carbons (Fsp3) is 0.540. The van der Waals surface area contributed by atoms with Crippen molar-refractivity contribution in [1.29, 1.82) is 0 Å². The van der Waals surface area contributed by atoms with Crippen molar-refractivity contribution in [1.82, 2.24) is 14.9 Å². The predicted molar refractivity (Wildman–Crippen MR) is 254 cm³/mol. The highest BCUT2D eigenvalue weighted by Gasteiger charge is 2.36. The minimum Gasteiger partial charge on any atom is -0.508 e. The Bertz CT molecular complexity index is 2180. The molecule has 1 amide bonds. The first-order valence-electron chi connectivity index (χ1n) is 22.6. The molecule has 2 aliphatic rings. The average Bonchev–Trinajstić information content (AvgIpc) is 3.48. The van der Waals surface area contributed by atoms with Gasteiger partial charge in [0, 0.05) is 49.8 Å². The largest absolute Gasteiger partial charge is 0.508 e. The van der Waals surface area contributed by atoms with E-state index in [4.69, 9.17) is 30.4 Å². The number of anilines is 1. The van der Waals surface area contributed by atoms with Gasteiger partial charge >= 0.3 is 6.01 Å². The number of hydrogen-bond donors (Lipinski definition) is 2. The van der Waals surface area contributed by atoms with E-state index < -0.39 is 0 Å². The predicted octanol–water partition coefficient (Wildman–Crippen LogP) is 11.0. The number of amides is 1. The van der Waals surface area contributed by atoms with Crippen molar-refractivity contribution in [2.75, 3.05) is 45.2 Å². The minimum absolute atomic E-state index is 0.0585. The van der Waals surface area contributed by atoms with Gasteiger partial charge in [-0.05, 0) is 105 Å². The molecule has 1 unspecified atom stereocenters. The molecule has 5 rings (SSSR count). The number of likely N-dealkylation sites (N-methyl/N-ethyl adjacent to an activating group) is 1. The normalized spacial score (nSPS) is 16.9. The van der Waals surface area contributed by atoms with E-state index in [1.165, 1.54) is 17.4 Å². The van der Waals surface area contributed by atoms with Crippen LogP contribution in [-0.2, 0) is 11.2 Å². The Morgan fingerprint density at radius 1 is 1.10 bits per heavy atom. The van der Waals surface area contributed by atoms with Crippen molar-refractivity contribution in [3.05, 3.63) is 70.3 Å². The molecule has 332 valence electrons. The molecule has 10 nitrogen and oxygen atoms in total. The molecule has 2 heterocycles. The van der Waals surface area contributed by atoms with Crippen molar-refractivity contribution in [2.45, 2.75) is 133 Å². The number of phenols is 1. The number of carbonyl (C=O) groups is 1. The molecule has 0 saturated heterocycles. The Morgan fingerprint density at radius 3 is 2.44 bits per heavy atom. The topological polar surface area (TPSA) is 130 Å². The summed E-state index contributed by atoms with van der Waals surface area (Å²) < 4.78 is 22.4. The zero-order chi connectivity index (χ0) is 45.0. The lowest BCUT2D eigenvalue weighted by atomic mass is 9.78. The van der Waals surface area contributed by atoms with Gasteiger partial charge in [0.05, 0.1) is 41.5 Å². The molecule has 0 radical (unpaired) electrons. The second-order valence-electron chi connectivity index (χ2n) is 16.9. The number of aromatic hydroxyl groups is 1. The number of aryl methyl sites for hydroxylation is 1. The van der Waals surface area contributed by atoms with Crippen LogP contribution in [0.3, 0.4) is 0 Å². The monoisotopic (exact) mass is 838 g/mol. The number of aromatic nitrogens is 2. The average molecular weight is 838 g/mol. The zero-order valence-corrected chi connectivity index (χ0v) is 39.1. The molecular weight excluding hydrogens is 766 g/mol. The number of phenolic OH excluding ortho intramolecular Hbond substituents is 1. The third kappa shape index (κ3) is 11.5. The van der Waals surface area contributed by atoms with Crippen molar-refractivity contribution in [3.63, 3.8) is 0 Å². The van der Waals surface area contributed by atoms with Crippen LogP contribution in [0.5, 0.6) is 11.8 Å². The van der Waals surface area contributed by atoms with E-state index in [-0.39, 0.29) is 40.6 Å². The van der Waals surface area contributed by atoms with Gasteiger partial charge < -0.3 is 25.4 Å². The van der Waals surface area contributed by atoms with E-state index in [1.807, 2.05) is 54.5 Å². The van der Waals surface area contributed by atoms with E-state index in [0.29, 0.717) is 61.0 Å². The number of unbranched alkanes of at least 4 members (excludes halogenated alkanes) is 3. The highest BCUT2D eigenvalue weighted by atomic mass is 19.1. The van der Waals surface area contributed by atoms with Crippen molar-refractivity contribution in [3.8, 4) is 11.8 Å². The summed E-state index contributed by atoms with van der Waals surface area (Å²) in [7, 11) is 3.35. The maximum atomic E-state index is 15.6. The number of fused-ring (bicyclic) bond motifs is 2. The summed E-state index contributed by atoms with van der Waals surface area (Å²) in [6.45, 7) is 22.8. The van der Waals surface area contributed by atoms with Gasteiger partial charge in [0.25, 0.3) is 5.91 Å². The van der Waals surface area contributed by atoms with Crippen molar-refractivity contribution >= 4 is 50.6 Å². The quantitative estimate of drug-likeness (QED) is 0.109. The number of nitrogens with zero attached hydrogens (tertiary/aromatic N) is 6. The highest BCUT2D eigenvalue weighted by molar-refractivity contribution is 6.51. The smallest absolute Gasteiger partial charge is 0.318 e. The highest BCUT2D eigenvalue weighted by Crippen LogP contribution is 2.47. The van der Waals surface area contributed by atoms with Gasteiger partial charge in [0.2, 0.25) is 0 Å². The summed E-state index contributed by atoms with van der Waals surface area (Å²) in [5.41, 5.74) is 12.9. The SMILES string of the molecule is C/C=C1\C(=NC(C)C)C(c2cc(O)cc3ccc(F)c(CC)c23)=C(C)c2nc(OCC(C)(CCCC)CCCCC)nc(N3CCCN=C(/C=C(\N)C(=O)N(C)C)C3)c21.CC. The molecule has 61 heavy (non-hydrogen) atoms. The molecule has 1 aliphatic carbocycles. The molecule has 3 aromatic rings. The molecule has 0 bridgehead atoms. The van der Waals surface area contributed by atoms with E-state index in [1.54, 1.807) is 38.4 Å². The van der Waals surface area contributed by atoms with Gasteiger partial charge in [0.1, 0.15) is 17.4 Å². The number of benzene rings is 2. The lowest BCUT2D eigenvalue weighted by Gasteiger charge is -2.33. The van der Waals surface area contributed by atoms with Crippen LogP contribution in [-0.4, -0.2) is 83.7 Å². The molecule has 1 aliphatic heterocycles. The lowest BCUT2D eigenvalue weighted by Crippen LogP contribution is -2.34. The fourth-order valence-corrected chi connectivity index (χ4v) is 8.33. The number of ether oxygens (including phenoxy) is 1. The second kappa shape index (κ2) is 22.2. The van der Waals surface area contributed by atoms with Crippen LogP contribution < -0.4 is 15.4 Å². The Morgan fingerprint density at radius 2 is 1.80 bits per heavy atom. The number of halogens is 1. The maximum Gasteiger partial charge on any atom is 0.318 e. The lowest BCUT2D eigenvalue weighted by molar-refractivity contribution is -0.124. The molecule has 11 heteroatoms. The number of hydrogen-bond acceptors (Lipinski definition) is 9. The molecule has 1 aromatic heterocycles. The van der Waals surface area contributed by atoms with Gasteiger partial charge in [-0.25, -0.2) is 4.39 Å². The van der Waals surface area contributed by atoms with Gasteiger partial charge in [0.15, 0.2) is 0 Å². The third-order valence-electron chi connectivity index (χ3n) is 11.4. The number of aliphatic imine (C=N–C) groups is 2. The van der Waals surface area contributed by atoms with Gasteiger partial charge in [-0.1, -0.05) is 85.8 Å². The van der Waals surface area contributed by atoms with Gasteiger partial charge in [-0.2, -0.15) is 9.97 Å². The molecular formula is C50H72FN7O3. The first-order chi connectivity index (χ1) is 29.2. The Balaban J connectivity index is 0.00000403. The van der Waals surface area contributed by atoms with E-state index >= 15 is 4.39 Å². The maximum absolute atomic E-state index is 15.6. The molecule has 3 N–H and O–H groups in total. The standard InChI is InChI=1S/C48H66FN7O3.C2H6/c1-11-15-17-22-48(8,21-16-12-2)29-59-47-53-43-31(7)40(37-27-34(57)25-32-19-20-38(49)35(13-3)41(32)37)44(52-30(5)6)36(14-4)42(43)45(54-47)56-24-18-23-51-33(28-56)26-39(50)46(58)55(9)10;1-2/h14,19-20,25-27,30,57H,11-13,15-18,21-24,28-29,50H2,1-10H3;1-2H3/b36-14-,39-26-,52-44?;. The Labute approximate surface area is 365 Å². The van der Waals surface area contributed by atoms with Crippen LogP contribution in [0.2, 0.25) is 0 Å². The zero-order valence-electron chi connectivity index (χ0n) is 39.1. The van der Waals surface area contributed by atoms with Crippen LogP contribution in [0.15, 0.2) is 52.1 Å². The summed E-state index contributed by atoms with van der Waals surface area (Å²) in [6, 6.07) is 6.79. The van der Waals surface area contributed by atoms with E-state index in [2.05, 4.69) is 25.7 Å². The third-order valence-corrected chi connectivity index (χ3v) is 11.4. The summed E-state index contributed by atoms with van der Waals surface area (Å²) in [4.78, 5) is 37.1. The second-order valence-corrected chi connectivity index (χ2v) is 16.9. The summed E-state index contributed by atoms with van der Waals surface area (Å²) in [5.74, 6) is 0.182. The first-order valence-corrected chi connectivity index (χ1v) is 22.6. The molecule has 2 aromatic carbocycles. The Kier molecular flexibility index (Phi) is 17.7. The van der Waals surface area contributed by atoms with Crippen LogP contribution in [0.4, 0.5) is 10.2 Å². The summed E-state index contributed by atoms with van der Waals surface area (Å²) >= 11 is 0. The van der Waals surface area contributed by atoms with Crippen LogP contribution in [0, 0.1) is 11.2 Å². The number of carbonyl (C=O) groups excluding carboxylic acids is 1.